The lowest BCUT2D eigenvalue weighted by molar-refractivity contribution is 0.597. The van der Waals surface area contributed by atoms with Gasteiger partial charge in [-0.25, -0.2) is 17.9 Å². The Kier molecular flexibility index (Phi) is 5.03. The van der Waals surface area contributed by atoms with Gasteiger partial charge in [0.05, 0.1) is 4.90 Å². The Morgan fingerprint density at radius 1 is 1.10 bits per heavy atom. The average molecular weight is 438 g/mol. The van der Waals surface area contributed by atoms with E-state index in [-0.39, 0.29) is 10.7 Å². The highest BCUT2D eigenvalue weighted by atomic mass is 79.9. The summed E-state index contributed by atoms with van der Waals surface area (Å²) in [6.07, 6.45) is 0. The van der Waals surface area contributed by atoms with Gasteiger partial charge in [-0.05, 0) is 51.8 Å². The summed E-state index contributed by atoms with van der Waals surface area (Å²) in [7, 11) is -3.73. The van der Waals surface area contributed by atoms with Gasteiger partial charge in [-0.2, -0.15) is 0 Å². The molecule has 0 aliphatic heterocycles. The van der Waals surface area contributed by atoms with Gasteiger partial charge in [0.2, 0.25) is 10.0 Å². The Morgan fingerprint density at radius 2 is 1.81 bits per heavy atom. The fraction of sp³-hybridized carbons (Fsp3) is 0.0769. The van der Waals surface area contributed by atoms with E-state index in [1.807, 2.05) is 0 Å². The minimum Gasteiger partial charge on any atom is -0.380 e. The number of hydrogen-bond donors (Lipinski definition) is 2. The van der Waals surface area contributed by atoms with E-state index in [1.165, 1.54) is 24.3 Å². The van der Waals surface area contributed by atoms with Gasteiger partial charge in [-0.15, -0.1) is 0 Å². The molecule has 0 spiro atoms. The Morgan fingerprint density at radius 3 is 2.38 bits per heavy atom. The van der Waals surface area contributed by atoms with Crippen LogP contribution in [0.15, 0.2) is 50.2 Å². The van der Waals surface area contributed by atoms with E-state index in [2.05, 4.69) is 37.2 Å². The van der Waals surface area contributed by atoms with E-state index in [4.69, 9.17) is 5.14 Å². The molecule has 0 aliphatic rings. The van der Waals surface area contributed by atoms with Crippen LogP contribution in [0.25, 0.3) is 0 Å². The zero-order valence-corrected chi connectivity index (χ0v) is 14.6. The van der Waals surface area contributed by atoms with Crippen molar-refractivity contribution in [2.75, 3.05) is 5.32 Å². The number of rotatable bonds is 4. The highest BCUT2D eigenvalue weighted by Gasteiger charge is 2.10. The minimum absolute atomic E-state index is 0.0305. The second-order valence-corrected chi connectivity index (χ2v) is 7.55. The topological polar surface area (TPSA) is 72.2 Å². The second-order valence-electron chi connectivity index (χ2n) is 4.28. The Labute approximate surface area is 138 Å². The summed E-state index contributed by atoms with van der Waals surface area (Å²) in [5.41, 5.74) is 1.58. The van der Waals surface area contributed by atoms with E-state index in [1.54, 1.807) is 12.1 Å². The Bertz CT molecular complexity index is 782. The largest absolute Gasteiger partial charge is 0.380 e. The van der Waals surface area contributed by atoms with Crippen LogP contribution in [-0.4, -0.2) is 8.42 Å². The third-order valence-corrected chi connectivity index (χ3v) is 5.06. The van der Waals surface area contributed by atoms with Crippen molar-refractivity contribution in [1.29, 1.82) is 0 Å². The number of hydrogen-bond acceptors (Lipinski definition) is 3. The number of anilines is 1. The molecule has 21 heavy (non-hydrogen) atoms. The van der Waals surface area contributed by atoms with Crippen molar-refractivity contribution in [3.8, 4) is 0 Å². The summed E-state index contributed by atoms with van der Waals surface area (Å²) in [6, 6.07) is 8.89. The summed E-state index contributed by atoms with van der Waals surface area (Å²) in [6.45, 7) is 0.453. The third kappa shape index (κ3) is 4.26. The number of nitrogens with two attached hydrogens (primary N) is 1. The lowest BCUT2D eigenvalue weighted by Gasteiger charge is -2.11. The van der Waals surface area contributed by atoms with Crippen LogP contribution in [0.2, 0.25) is 0 Å². The monoisotopic (exact) mass is 436 g/mol. The van der Waals surface area contributed by atoms with Crippen LogP contribution in [0.5, 0.6) is 0 Å². The molecule has 0 aliphatic carbocycles. The molecule has 4 nitrogen and oxygen atoms in total. The summed E-state index contributed by atoms with van der Waals surface area (Å²) in [4.78, 5) is 0.0305. The summed E-state index contributed by atoms with van der Waals surface area (Å²) in [5, 5.41) is 8.20. The van der Waals surface area contributed by atoms with Crippen molar-refractivity contribution < 1.29 is 12.8 Å². The molecule has 0 radical (unpaired) electrons. The van der Waals surface area contributed by atoms with E-state index in [0.29, 0.717) is 21.2 Å². The molecule has 0 saturated heterocycles. The maximum Gasteiger partial charge on any atom is 0.238 e. The van der Waals surface area contributed by atoms with Crippen LogP contribution in [0.3, 0.4) is 0 Å². The van der Waals surface area contributed by atoms with Crippen molar-refractivity contribution in [3.05, 3.63) is 56.7 Å². The van der Waals surface area contributed by atoms with Gasteiger partial charge < -0.3 is 5.32 Å². The van der Waals surface area contributed by atoms with E-state index in [0.717, 1.165) is 5.56 Å². The molecule has 3 N–H and O–H groups in total. The third-order valence-electron chi connectivity index (χ3n) is 2.75. The molecule has 112 valence electrons. The molecule has 0 saturated carbocycles. The SMILES string of the molecule is NS(=O)(=O)c1ccc(NCc2ccc(F)cc2Br)c(Br)c1. The van der Waals surface area contributed by atoms with E-state index >= 15 is 0 Å². The maximum atomic E-state index is 13.0. The van der Waals surface area contributed by atoms with Gasteiger partial charge in [0, 0.05) is 21.2 Å². The van der Waals surface area contributed by atoms with Gasteiger partial charge in [0.15, 0.2) is 0 Å². The first-order valence-corrected chi connectivity index (χ1v) is 8.91. The number of sulfonamides is 1. The smallest absolute Gasteiger partial charge is 0.238 e. The van der Waals surface area contributed by atoms with Crippen LogP contribution in [0.1, 0.15) is 5.56 Å². The average Bonchev–Trinajstić information content (AvgIpc) is 2.38. The predicted molar refractivity (Wildman–Crippen MR) is 86.9 cm³/mol. The minimum atomic E-state index is -3.73. The zero-order valence-electron chi connectivity index (χ0n) is 10.6. The van der Waals surface area contributed by atoms with Gasteiger partial charge in [0.25, 0.3) is 0 Å². The molecule has 0 atom stereocenters. The molecule has 2 aromatic carbocycles. The molecule has 0 fully saturated rings. The van der Waals surface area contributed by atoms with Crippen molar-refractivity contribution in [2.45, 2.75) is 11.4 Å². The van der Waals surface area contributed by atoms with Crippen LogP contribution in [0, 0.1) is 5.82 Å². The van der Waals surface area contributed by atoms with Crippen molar-refractivity contribution >= 4 is 47.6 Å². The van der Waals surface area contributed by atoms with Crippen molar-refractivity contribution in [3.63, 3.8) is 0 Å². The van der Waals surface area contributed by atoms with Crippen molar-refractivity contribution in [1.82, 2.24) is 0 Å². The lowest BCUT2D eigenvalue weighted by atomic mass is 10.2. The van der Waals surface area contributed by atoms with E-state index < -0.39 is 10.0 Å². The number of halogens is 3. The maximum absolute atomic E-state index is 13.0. The number of primary sulfonamides is 1. The molecule has 0 aromatic heterocycles. The summed E-state index contributed by atoms with van der Waals surface area (Å²) < 4.78 is 36.7. The molecule has 0 amide bonds. The highest BCUT2D eigenvalue weighted by Crippen LogP contribution is 2.27. The first kappa shape index (κ1) is 16.4. The van der Waals surface area contributed by atoms with Crippen molar-refractivity contribution in [2.24, 2.45) is 5.14 Å². The second kappa shape index (κ2) is 6.43. The molecule has 0 heterocycles. The fourth-order valence-electron chi connectivity index (χ4n) is 1.67. The number of nitrogens with one attached hydrogen (secondary N) is 1. The predicted octanol–water partition coefficient (Wildman–Crippen LogP) is 3.61. The van der Waals surface area contributed by atoms with Crippen LogP contribution < -0.4 is 10.5 Å². The lowest BCUT2D eigenvalue weighted by Crippen LogP contribution is -2.12. The first-order chi connectivity index (χ1) is 9.77. The van der Waals surface area contributed by atoms with E-state index in [9.17, 15) is 12.8 Å². The van der Waals surface area contributed by atoms with Gasteiger partial charge in [-0.1, -0.05) is 22.0 Å². The van der Waals surface area contributed by atoms with Gasteiger partial charge >= 0.3 is 0 Å². The number of benzene rings is 2. The summed E-state index contributed by atoms with van der Waals surface area (Å²) in [5.74, 6) is -0.315. The van der Waals surface area contributed by atoms with Gasteiger partial charge in [-0.3, -0.25) is 0 Å². The normalized spacial score (nSPS) is 11.4. The molecule has 0 unspecified atom stereocenters. The van der Waals surface area contributed by atoms with Gasteiger partial charge in [0.1, 0.15) is 5.82 Å². The fourth-order valence-corrected chi connectivity index (χ4v) is 3.37. The standard InChI is InChI=1S/C13H11Br2FN2O2S/c14-11-5-9(16)2-1-8(11)7-18-13-4-3-10(6-12(13)15)21(17,19)20/h1-6,18H,7H2,(H2,17,19,20). The Balaban J connectivity index is 2.17. The zero-order chi connectivity index (χ0) is 15.6. The quantitative estimate of drug-likeness (QED) is 0.767. The van der Waals surface area contributed by atoms with Crippen LogP contribution in [0.4, 0.5) is 10.1 Å². The van der Waals surface area contributed by atoms with Crippen LogP contribution in [-0.2, 0) is 16.6 Å². The summed E-state index contributed by atoms with van der Waals surface area (Å²) >= 11 is 6.58. The molecule has 0 bridgehead atoms. The molecule has 8 heteroatoms. The Hall–Kier alpha value is -0.960. The molecular weight excluding hydrogens is 427 g/mol. The highest BCUT2D eigenvalue weighted by molar-refractivity contribution is 9.11. The van der Waals surface area contributed by atoms with Crippen LogP contribution >= 0.6 is 31.9 Å². The first-order valence-electron chi connectivity index (χ1n) is 5.77. The molecular formula is C13H11Br2FN2O2S. The molecule has 2 rings (SSSR count). The molecule has 2 aromatic rings.